The van der Waals surface area contributed by atoms with Gasteiger partial charge in [0.15, 0.2) is 17.5 Å². The Morgan fingerprint density at radius 2 is 1.06 bits per heavy atom. The molecule has 0 atom stereocenters. The van der Waals surface area contributed by atoms with E-state index in [9.17, 15) is 2.74 Å². The highest BCUT2D eigenvalue weighted by Gasteiger charge is 2.21. The lowest BCUT2D eigenvalue weighted by Crippen LogP contribution is -2.03. The van der Waals surface area contributed by atoms with Gasteiger partial charge in [0.25, 0.3) is 0 Å². The highest BCUT2D eigenvalue weighted by atomic mass is 32.1. The molecule has 0 spiro atoms. The Balaban J connectivity index is 1.04. The summed E-state index contributed by atoms with van der Waals surface area (Å²) in [6, 6.07) is 51.6. The van der Waals surface area contributed by atoms with E-state index in [2.05, 4.69) is 60.7 Å². The molecule has 0 amide bonds. The van der Waals surface area contributed by atoms with Gasteiger partial charge in [-0.3, -0.25) is 0 Å². The van der Waals surface area contributed by atoms with Crippen LogP contribution in [0.1, 0.15) is 9.60 Å². The fourth-order valence-electron chi connectivity index (χ4n) is 8.85. The molecule has 13 rings (SSSR count). The summed E-state index contributed by atoms with van der Waals surface area (Å²) in [7, 11) is 0. The fraction of sp³-hybridized carbons (Fsp3) is 0. The third-order valence-corrected chi connectivity index (χ3v) is 12.9. The molecule has 0 aliphatic rings. The number of furan rings is 1. The summed E-state index contributed by atoms with van der Waals surface area (Å²) >= 11 is 1.72. The zero-order valence-corrected chi connectivity index (χ0v) is 34.0. The second-order valence-electron chi connectivity index (χ2n) is 15.4. The Morgan fingerprint density at radius 3 is 1.98 bits per heavy atom. The van der Waals surface area contributed by atoms with Gasteiger partial charge < -0.3 is 8.98 Å². The van der Waals surface area contributed by atoms with E-state index >= 15 is 0 Å². The summed E-state index contributed by atoms with van der Waals surface area (Å²) in [6.45, 7) is 0. The molecular formula is C57H34N4OS. The lowest BCUT2D eigenvalue weighted by molar-refractivity contribution is 0.670. The van der Waals surface area contributed by atoms with Gasteiger partial charge in [-0.2, -0.15) is 0 Å². The number of hydrogen-bond donors (Lipinski definition) is 0. The van der Waals surface area contributed by atoms with Crippen molar-refractivity contribution < 1.29 is 14.0 Å². The normalized spacial score (nSPS) is 13.4. The maximum atomic E-state index is 9.21. The SMILES string of the molecule is [2H]c1cc([2H])c2c(c1[2H])c1c([2H])c([2H])c([2H])c([2H])c1n2-c1ccccc1-c1nc(-c2cccc(-c3cccc4c3oc3ccc(-c5ccccc5)cc34)c2)nc(-c2ccc3sc4ccccc4c3c2)n1. The molecule has 4 heterocycles. The van der Waals surface area contributed by atoms with Crippen LogP contribution in [0.5, 0.6) is 0 Å². The van der Waals surface area contributed by atoms with Gasteiger partial charge >= 0.3 is 0 Å². The van der Waals surface area contributed by atoms with Crippen LogP contribution >= 0.6 is 11.3 Å². The molecule has 0 bridgehead atoms. The van der Waals surface area contributed by atoms with E-state index in [4.69, 9.17) is 26.2 Å². The van der Waals surface area contributed by atoms with Crippen molar-refractivity contribution in [1.29, 1.82) is 0 Å². The first-order valence-electron chi connectivity index (χ1n) is 24.0. The van der Waals surface area contributed by atoms with E-state index in [-0.39, 0.29) is 57.8 Å². The van der Waals surface area contributed by atoms with Gasteiger partial charge in [0.1, 0.15) is 11.2 Å². The molecule has 13 aromatic rings. The van der Waals surface area contributed by atoms with Crippen molar-refractivity contribution in [3.05, 3.63) is 206 Å². The van der Waals surface area contributed by atoms with E-state index in [0.29, 0.717) is 28.5 Å². The summed E-state index contributed by atoms with van der Waals surface area (Å²) in [5.74, 6) is 1.06. The molecule has 63 heavy (non-hydrogen) atoms. The molecule has 9 aromatic carbocycles. The molecule has 0 saturated heterocycles. The summed E-state index contributed by atoms with van der Waals surface area (Å²) in [4.78, 5) is 15.6. The third-order valence-electron chi connectivity index (χ3n) is 11.8. The molecule has 6 heteroatoms. The predicted molar refractivity (Wildman–Crippen MR) is 262 cm³/mol. The molecule has 0 N–H and O–H groups in total. The number of thiophene rings is 1. The first-order chi connectivity index (χ1) is 34.1. The van der Waals surface area contributed by atoms with Crippen molar-refractivity contribution >= 4 is 75.3 Å². The first kappa shape index (κ1) is 29.1. The van der Waals surface area contributed by atoms with Gasteiger partial charge in [0.2, 0.25) is 0 Å². The van der Waals surface area contributed by atoms with Crippen LogP contribution in [-0.4, -0.2) is 19.5 Å². The quantitative estimate of drug-likeness (QED) is 0.167. The van der Waals surface area contributed by atoms with Crippen molar-refractivity contribution in [2.45, 2.75) is 0 Å². The van der Waals surface area contributed by atoms with Gasteiger partial charge in [-0.1, -0.05) is 139 Å². The van der Waals surface area contributed by atoms with E-state index in [1.807, 2.05) is 84.9 Å². The highest BCUT2D eigenvalue weighted by molar-refractivity contribution is 7.25. The number of fused-ring (bicyclic) bond motifs is 9. The second-order valence-corrected chi connectivity index (χ2v) is 16.5. The van der Waals surface area contributed by atoms with Gasteiger partial charge in [-0.15, -0.1) is 11.3 Å². The summed E-state index contributed by atoms with van der Waals surface area (Å²) in [5, 5.41) is 4.36. The molecular weight excluding hydrogens is 789 g/mol. The molecule has 0 aliphatic heterocycles. The Bertz CT molecular complexity index is 4360. The predicted octanol–water partition coefficient (Wildman–Crippen LogP) is 15.6. The minimum absolute atomic E-state index is 0.0599. The number of hydrogen-bond acceptors (Lipinski definition) is 5. The standard InChI is InChI=1S/C57H34N4OS/c1-2-14-35(15-3-1)36-28-30-51-46(33-36)44-23-13-22-40(54(44)62-51)37-16-12-17-38(32-37)55-58-56(39-29-31-53-47(34-39)43-20-7-11-27-52(43)63-53)60-57(59-55)45-21-6-10-26-50(45)61-48-24-8-4-18-41(48)42-19-5-9-25-49(42)61/h1-34H/i4D,5D,8D,18D,19D,24D,25D. The topological polar surface area (TPSA) is 56.7 Å². The molecule has 0 aliphatic carbocycles. The number of benzene rings is 9. The summed E-state index contributed by atoms with van der Waals surface area (Å²) in [5.41, 5.74) is 8.19. The highest BCUT2D eigenvalue weighted by Crippen LogP contribution is 2.41. The lowest BCUT2D eigenvalue weighted by atomic mass is 9.99. The summed E-state index contributed by atoms with van der Waals surface area (Å²) < 4.78 is 72.8. The Labute approximate surface area is 375 Å². The van der Waals surface area contributed by atoms with E-state index in [1.54, 1.807) is 28.0 Å². The summed E-state index contributed by atoms with van der Waals surface area (Å²) in [6.07, 6.45) is 0. The molecule has 0 unspecified atom stereocenters. The van der Waals surface area contributed by atoms with Crippen LogP contribution in [0.2, 0.25) is 0 Å². The van der Waals surface area contributed by atoms with Gasteiger partial charge in [0, 0.05) is 64.0 Å². The van der Waals surface area contributed by atoms with Crippen molar-refractivity contribution in [3.8, 4) is 62.1 Å². The minimum atomic E-state index is -0.468. The first-order valence-corrected chi connectivity index (χ1v) is 21.3. The van der Waals surface area contributed by atoms with Gasteiger partial charge in [-0.25, -0.2) is 15.0 Å². The Kier molecular flexibility index (Phi) is 6.57. The number of para-hydroxylation sites is 4. The van der Waals surface area contributed by atoms with Gasteiger partial charge in [0.05, 0.1) is 26.3 Å². The largest absolute Gasteiger partial charge is 0.455 e. The van der Waals surface area contributed by atoms with E-state index < -0.39 is 12.1 Å². The minimum Gasteiger partial charge on any atom is -0.455 e. The molecule has 0 fully saturated rings. The number of aromatic nitrogens is 4. The zero-order chi connectivity index (χ0) is 47.5. The lowest BCUT2D eigenvalue weighted by Gasteiger charge is -2.15. The van der Waals surface area contributed by atoms with Crippen LogP contribution in [0.4, 0.5) is 0 Å². The smallest absolute Gasteiger partial charge is 0.166 e. The van der Waals surface area contributed by atoms with Crippen molar-refractivity contribution in [2.75, 3.05) is 0 Å². The zero-order valence-electron chi connectivity index (χ0n) is 40.2. The molecule has 4 aromatic heterocycles. The maximum Gasteiger partial charge on any atom is 0.166 e. The van der Waals surface area contributed by atoms with E-state index in [1.165, 1.54) is 10.8 Å². The third kappa shape index (κ3) is 5.80. The van der Waals surface area contributed by atoms with Crippen LogP contribution in [0, 0.1) is 0 Å². The number of rotatable bonds is 6. The second kappa shape index (κ2) is 14.2. The molecule has 5 nitrogen and oxygen atoms in total. The van der Waals surface area contributed by atoms with Crippen LogP contribution in [0.25, 0.3) is 126 Å². The van der Waals surface area contributed by atoms with Crippen molar-refractivity contribution in [3.63, 3.8) is 0 Å². The van der Waals surface area contributed by atoms with Gasteiger partial charge in [-0.05, 0) is 83.4 Å². The number of nitrogens with zero attached hydrogens (tertiary/aromatic N) is 4. The average molecular weight is 830 g/mol. The Morgan fingerprint density at radius 1 is 0.413 bits per heavy atom. The fourth-order valence-corrected chi connectivity index (χ4v) is 9.93. The molecule has 0 saturated carbocycles. The van der Waals surface area contributed by atoms with Crippen LogP contribution in [-0.2, 0) is 0 Å². The van der Waals surface area contributed by atoms with E-state index in [0.717, 1.165) is 65.2 Å². The maximum absolute atomic E-state index is 9.21. The monoisotopic (exact) mass is 829 g/mol. The van der Waals surface area contributed by atoms with Crippen LogP contribution in [0.3, 0.4) is 0 Å². The van der Waals surface area contributed by atoms with Crippen molar-refractivity contribution in [2.24, 2.45) is 0 Å². The van der Waals surface area contributed by atoms with Crippen LogP contribution in [0.15, 0.2) is 211 Å². The Hall–Kier alpha value is -8.19. The molecule has 0 radical (unpaired) electrons. The van der Waals surface area contributed by atoms with Crippen molar-refractivity contribution in [1.82, 2.24) is 19.5 Å². The average Bonchev–Trinajstić information content (AvgIpc) is 4.09. The van der Waals surface area contributed by atoms with Crippen LogP contribution < -0.4 is 0 Å². The molecule has 294 valence electrons.